The first-order chi connectivity index (χ1) is 14.0. The van der Waals surface area contributed by atoms with Crippen molar-refractivity contribution in [2.45, 2.75) is 92.7 Å². The average Bonchev–Trinajstić information content (AvgIpc) is 2.64. The van der Waals surface area contributed by atoms with Crippen molar-refractivity contribution in [1.82, 2.24) is 4.90 Å². The largest absolute Gasteiger partial charge is 0.480 e. The van der Waals surface area contributed by atoms with Crippen molar-refractivity contribution in [1.29, 1.82) is 0 Å². The predicted molar refractivity (Wildman–Crippen MR) is 131 cm³/mol. The van der Waals surface area contributed by atoms with Crippen LogP contribution in [0.1, 0.15) is 80.6 Å². The number of carbonyl (C=O) groups is 2. The van der Waals surface area contributed by atoms with Gasteiger partial charge >= 0.3 is 5.97 Å². The predicted octanol–water partition coefficient (Wildman–Crippen LogP) is 6.36. The highest BCUT2D eigenvalue weighted by Crippen LogP contribution is 2.21. The first-order valence-corrected chi connectivity index (χ1v) is 11.4. The van der Waals surface area contributed by atoms with Gasteiger partial charge in [-0.3, -0.25) is 4.79 Å². The zero-order valence-electron chi connectivity index (χ0n) is 19.9. The number of carboxylic acids is 1. The number of allylic oxidation sites excluding steroid dienone is 6. The van der Waals surface area contributed by atoms with Gasteiger partial charge < -0.3 is 10.0 Å². The second-order valence-electron chi connectivity index (χ2n) is 8.29. The topological polar surface area (TPSA) is 57.6 Å². The van der Waals surface area contributed by atoms with E-state index in [4.69, 9.17) is 0 Å². The van der Waals surface area contributed by atoms with Crippen LogP contribution >= 0.6 is 12.6 Å². The monoisotopic (exact) mass is 435 g/mol. The molecule has 5 heteroatoms. The summed E-state index contributed by atoms with van der Waals surface area (Å²) in [6, 6.07) is -1.24. The molecule has 0 aliphatic heterocycles. The molecule has 0 saturated heterocycles. The third kappa shape index (κ3) is 11.4. The van der Waals surface area contributed by atoms with Gasteiger partial charge in [-0.2, -0.15) is 12.6 Å². The Bertz CT molecular complexity index is 685. The molecule has 1 N–H and O–H groups in total. The van der Waals surface area contributed by atoms with Crippen molar-refractivity contribution in [3.05, 3.63) is 46.6 Å². The number of amides is 1. The number of hydrogen-bond donors (Lipinski definition) is 2. The Morgan fingerprint density at radius 1 is 0.933 bits per heavy atom. The molecule has 1 unspecified atom stereocenters. The normalized spacial score (nSPS) is 14.9. The summed E-state index contributed by atoms with van der Waals surface area (Å²) in [5.41, 5.74) is 5.01. The van der Waals surface area contributed by atoms with Gasteiger partial charge in [0, 0.05) is 12.7 Å². The molecule has 0 aromatic heterocycles. The van der Waals surface area contributed by atoms with E-state index in [9.17, 15) is 14.7 Å². The molecule has 170 valence electrons. The summed E-state index contributed by atoms with van der Waals surface area (Å²) in [7, 11) is 0. The van der Waals surface area contributed by atoms with Crippen LogP contribution in [0.15, 0.2) is 46.6 Å². The number of carbonyl (C=O) groups excluding carboxylic acids is 1. The fourth-order valence-electron chi connectivity index (χ4n) is 3.30. The molecule has 30 heavy (non-hydrogen) atoms. The van der Waals surface area contributed by atoms with Crippen LogP contribution in [0, 0.1) is 0 Å². The van der Waals surface area contributed by atoms with Crippen LogP contribution in [-0.2, 0) is 9.59 Å². The summed E-state index contributed by atoms with van der Waals surface area (Å²) in [6.45, 7) is 13.8. The maximum absolute atomic E-state index is 12.4. The van der Waals surface area contributed by atoms with Gasteiger partial charge in [-0.1, -0.05) is 46.6 Å². The minimum absolute atomic E-state index is 0.0841. The van der Waals surface area contributed by atoms with Gasteiger partial charge in [-0.15, -0.1) is 0 Å². The minimum atomic E-state index is -1.02. The van der Waals surface area contributed by atoms with Gasteiger partial charge in [0.05, 0.1) is 6.04 Å². The van der Waals surface area contributed by atoms with Crippen molar-refractivity contribution in [2.75, 3.05) is 5.75 Å². The molecule has 1 amide bonds. The SMILES string of the molecule is C/C=C(\C)CC(/C=C(\C)CC/C=C(\C)CCC=C(C)C)N(C(C)=O)[C@@H](CS)C(=O)O. The van der Waals surface area contributed by atoms with Crippen molar-refractivity contribution in [3.63, 3.8) is 0 Å². The molecule has 4 nitrogen and oxygen atoms in total. The summed E-state index contributed by atoms with van der Waals surface area (Å²) in [6.07, 6.45) is 13.2. The fraction of sp³-hybridized carbons (Fsp3) is 0.600. The van der Waals surface area contributed by atoms with Crippen molar-refractivity contribution in [2.24, 2.45) is 0 Å². The smallest absolute Gasteiger partial charge is 0.327 e. The molecule has 0 aromatic carbocycles. The molecule has 0 aromatic rings. The third-order valence-electron chi connectivity index (χ3n) is 5.14. The van der Waals surface area contributed by atoms with Gasteiger partial charge in [0.2, 0.25) is 5.91 Å². The summed E-state index contributed by atoms with van der Waals surface area (Å²) >= 11 is 4.19. The number of rotatable bonds is 13. The lowest BCUT2D eigenvalue weighted by Crippen LogP contribution is -2.50. The van der Waals surface area contributed by atoms with Gasteiger partial charge in [0.25, 0.3) is 0 Å². The summed E-state index contributed by atoms with van der Waals surface area (Å²) in [4.78, 5) is 25.5. The zero-order chi connectivity index (χ0) is 23.3. The van der Waals surface area contributed by atoms with Crippen LogP contribution in [0.2, 0.25) is 0 Å². The van der Waals surface area contributed by atoms with E-state index in [1.165, 1.54) is 23.0 Å². The van der Waals surface area contributed by atoms with E-state index >= 15 is 0 Å². The number of thiol groups is 1. The second kappa shape index (κ2) is 15.1. The molecule has 0 aliphatic carbocycles. The van der Waals surface area contributed by atoms with Crippen LogP contribution in [-0.4, -0.2) is 39.7 Å². The number of hydrogen-bond acceptors (Lipinski definition) is 3. The van der Waals surface area contributed by atoms with E-state index in [2.05, 4.69) is 58.6 Å². The standard InChI is InChI=1S/C25H41NO3S/c1-8-19(4)15-23(26(22(7)27)24(17-30)25(28)29)16-21(6)14-10-13-20(5)12-9-11-18(2)3/h8,11,13,16,23-24,30H,9-10,12,14-15,17H2,1-7H3,(H,28,29)/b19-8+,20-13+,21-16+/t23?,24-/m0/s1. The van der Waals surface area contributed by atoms with E-state index in [0.717, 1.165) is 36.8 Å². The molecule has 0 rings (SSSR count). The van der Waals surface area contributed by atoms with Crippen LogP contribution in [0.3, 0.4) is 0 Å². The maximum Gasteiger partial charge on any atom is 0.327 e. The number of carboxylic acid groups (broad SMARTS) is 1. The second-order valence-corrected chi connectivity index (χ2v) is 8.66. The first kappa shape index (κ1) is 28.2. The third-order valence-corrected chi connectivity index (χ3v) is 5.48. The van der Waals surface area contributed by atoms with E-state index in [1.807, 2.05) is 19.9 Å². The molecule has 2 atom stereocenters. The minimum Gasteiger partial charge on any atom is -0.480 e. The van der Waals surface area contributed by atoms with E-state index < -0.39 is 12.0 Å². The lowest BCUT2D eigenvalue weighted by Gasteiger charge is -2.34. The van der Waals surface area contributed by atoms with Gasteiger partial charge in [0.1, 0.15) is 6.04 Å². The molecular weight excluding hydrogens is 394 g/mol. The Labute approximate surface area is 189 Å². The molecule has 0 bridgehead atoms. The Hall–Kier alpha value is -1.75. The van der Waals surface area contributed by atoms with E-state index in [0.29, 0.717) is 6.42 Å². The Morgan fingerprint density at radius 2 is 1.50 bits per heavy atom. The van der Waals surface area contributed by atoms with Gasteiger partial charge in [-0.05, 0) is 73.6 Å². The van der Waals surface area contributed by atoms with Crippen molar-refractivity contribution < 1.29 is 14.7 Å². The average molecular weight is 436 g/mol. The van der Waals surface area contributed by atoms with E-state index in [-0.39, 0.29) is 17.7 Å². The van der Waals surface area contributed by atoms with Crippen molar-refractivity contribution in [3.8, 4) is 0 Å². The first-order valence-electron chi connectivity index (χ1n) is 10.7. The molecular formula is C25H41NO3S. The van der Waals surface area contributed by atoms with E-state index in [1.54, 1.807) is 0 Å². The number of nitrogens with zero attached hydrogens (tertiary/aromatic N) is 1. The van der Waals surface area contributed by atoms with Crippen LogP contribution in [0.5, 0.6) is 0 Å². The summed E-state index contributed by atoms with van der Waals surface area (Å²) in [5.74, 6) is -1.19. The molecule has 0 aliphatic rings. The summed E-state index contributed by atoms with van der Waals surface area (Å²) in [5, 5.41) is 9.58. The maximum atomic E-state index is 12.4. The number of aliphatic carboxylic acids is 1. The zero-order valence-corrected chi connectivity index (χ0v) is 20.8. The quantitative estimate of drug-likeness (QED) is 0.261. The Balaban J connectivity index is 5.42. The van der Waals surface area contributed by atoms with Crippen molar-refractivity contribution >= 4 is 24.5 Å². The van der Waals surface area contributed by atoms with Gasteiger partial charge in [0.15, 0.2) is 0 Å². The molecule has 0 spiro atoms. The van der Waals surface area contributed by atoms with Crippen LogP contribution in [0.4, 0.5) is 0 Å². The highest BCUT2D eigenvalue weighted by Gasteiger charge is 2.31. The molecule has 0 fully saturated rings. The molecule has 0 saturated carbocycles. The van der Waals surface area contributed by atoms with Crippen LogP contribution < -0.4 is 0 Å². The Morgan fingerprint density at radius 3 is 1.97 bits per heavy atom. The van der Waals surface area contributed by atoms with Crippen LogP contribution in [0.25, 0.3) is 0 Å². The summed E-state index contributed by atoms with van der Waals surface area (Å²) < 4.78 is 0. The van der Waals surface area contributed by atoms with Gasteiger partial charge in [-0.25, -0.2) is 4.79 Å². The lowest BCUT2D eigenvalue weighted by atomic mass is 9.99. The highest BCUT2D eigenvalue weighted by molar-refractivity contribution is 7.80. The highest BCUT2D eigenvalue weighted by atomic mass is 32.1. The Kier molecular flexibility index (Phi) is 14.2. The molecule has 0 heterocycles. The molecule has 0 radical (unpaired) electrons. The lowest BCUT2D eigenvalue weighted by molar-refractivity contribution is -0.149. The fourth-order valence-corrected chi connectivity index (χ4v) is 3.64.